The molecule has 2 rings (SSSR count). The second-order valence-corrected chi connectivity index (χ2v) is 6.13. The summed E-state index contributed by atoms with van der Waals surface area (Å²) in [4.78, 5) is 2.40. The van der Waals surface area contributed by atoms with Gasteiger partial charge in [-0.25, -0.2) is 0 Å². The Morgan fingerprint density at radius 2 is 2.05 bits per heavy atom. The van der Waals surface area contributed by atoms with Crippen LogP contribution in [-0.4, -0.2) is 37.7 Å². The fourth-order valence-electron chi connectivity index (χ4n) is 2.94. The average Bonchev–Trinajstić information content (AvgIpc) is 2.50. The number of rotatable bonds is 8. The van der Waals surface area contributed by atoms with Crippen LogP contribution < -0.4 is 5.32 Å². The molecule has 0 spiro atoms. The van der Waals surface area contributed by atoms with E-state index in [4.69, 9.17) is 4.74 Å². The predicted molar refractivity (Wildman–Crippen MR) is 88.4 cm³/mol. The van der Waals surface area contributed by atoms with Crippen molar-refractivity contribution in [3.8, 4) is 0 Å². The maximum Gasteiger partial charge on any atom is 0.0702 e. The van der Waals surface area contributed by atoms with Gasteiger partial charge in [-0.15, -0.1) is 0 Å². The molecule has 118 valence electrons. The highest BCUT2D eigenvalue weighted by molar-refractivity contribution is 5.26. The summed E-state index contributed by atoms with van der Waals surface area (Å²) in [6.07, 6.45) is 5.36. The Morgan fingerprint density at radius 3 is 2.76 bits per heavy atom. The average molecular weight is 290 g/mol. The van der Waals surface area contributed by atoms with Crippen molar-refractivity contribution in [3.05, 3.63) is 35.4 Å². The SMILES string of the molecule is CCCNCc1ccccc1CN(C)CC1CCCCO1. The van der Waals surface area contributed by atoms with Gasteiger partial charge in [0.15, 0.2) is 0 Å². The van der Waals surface area contributed by atoms with Gasteiger partial charge in [-0.3, -0.25) is 4.90 Å². The lowest BCUT2D eigenvalue weighted by Crippen LogP contribution is -2.33. The van der Waals surface area contributed by atoms with Crippen LogP contribution in [0.2, 0.25) is 0 Å². The van der Waals surface area contributed by atoms with Gasteiger partial charge in [0, 0.05) is 26.2 Å². The Bertz CT molecular complexity index is 402. The van der Waals surface area contributed by atoms with E-state index in [-0.39, 0.29) is 0 Å². The molecule has 1 N–H and O–H groups in total. The molecule has 0 bridgehead atoms. The molecule has 1 aromatic carbocycles. The van der Waals surface area contributed by atoms with E-state index >= 15 is 0 Å². The monoisotopic (exact) mass is 290 g/mol. The smallest absolute Gasteiger partial charge is 0.0702 e. The lowest BCUT2D eigenvalue weighted by Gasteiger charge is -2.28. The van der Waals surface area contributed by atoms with E-state index in [1.54, 1.807) is 0 Å². The third kappa shape index (κ3) is 5.77. The fourth-order valence-corrected chi connectivity index (χ4v) is 2.94. The maximum atomic E-state index is 5.84. The Morgan fingerprint density at radius 1 is 1.24 bits per heavy atom. The van der Waals surface area contributed by atoms with Gasteiger partial charge in [-0.2, -0.15) is 0 Å². The number of nitrogens with one attached hydrogen (secondary N) is 1. The largest absolute Gasteiger partial charge is 0.377 e. The zero-order valence-electron chi connectivity index (χ0n) is 13.6. The van der Waals surface area contributed by atoms with Crippen molar-refractivity contribution in [3.63, 3.8) is 0 Å². The summed E-state index contributed by atoms with van der Waals surface area (Å²) in [5, 5.41) is 3.50. The summed E-state index contributed by atoms with van der Waals surface area (Å²) >= 11 is 0. The van der Waals surface area contributed by atoms with Gasteiger partial charge in [0.25, 0.3) is 0 Å². The van der Waals surface area contributed by atoms with Crippen LogP contribution in [0.4, 0.5) is 0 Å². The first-order valence-corrected chi connectivity index (χ1v) is 8.37. The van der Waals surface area contributed by atoms with Gasteiger partial charge >= 0.3 is 0 Å². The second kappa shape index (κ2) is 9.19. The van der Waals surface area contributed by atoms with Crippen LogP contribution in [0.5, 0.6) is 0 Å². The second-order valence-electron chi connectivity index (χ2n) is 6.13. The van der Waals surface area contributed by atoms with Crippen LogP contribution >= 0.6 is 0 Å². The number of hydrogen-bond acceptors (Lipinski definition) is 3. The highest BCUT2D eigenvalue weighted by atomic mass is 16.5. The molecule has 1 unspecified atom stereocenters. The van der Waals surface area contributed by atoms with E-state index in [0.717, 1.165) is 32.8 Å². The quantitative estimate of drug-likeness (QED) is 0.744. The van der Waals surface area contributed by atoms with Gasteiger partial charge in [-0.1, -0.05) is 31.2 Å². The molecule has 0 radical (unpaired) electrons. The van der Waals surface area contributed by atoms with Crippen LogP contribution in [-0.2, 0) is 17.8 Å². The highest BCUT2D eigenvalue weighted by Crippen LogP contribution is 2.16. The molecule has 0 aromatic heterocycles. The highest BCUT2D eigenvalue weighted by Gasteiger charge is 2.16. The van der Waals surface area contributed by atoms with E-state index < -0.39 is 0 Å². The van der Waals surface area contributed by atoms with E-state index in [2.05, 4.69) is 48.5 Å². The molecule has 1 aliphatic rings. The van der Waals surface area contributed by atoms with E-state index in [1.807, 2.05) is 0 Å². The zero-order chi connectivity index (χ0) is 14.9. The number of ether oxygens (including phenoxy) is 1. The number of benzene rings is 1. The molecule has 21 heavy (non-hydrogen) atoms. The summed E-state index contributed by atoms with van der Waals surface area (Å²) in [7, 11) is 2.20. The molecular weight excluding hydrogens is 260 g/mol. The summed E-state index contributed by atoms with van der Waals surface area (Å²) in [5.41, 5.74) is 2.85. The summed E-state index contributed by atoms with van der Waals surface area (Å²) in [5.74, 6) is 0. The normalized spacial score (nSPS) is 19.1. The molecule has 0 aliphatic carbocycles. The minimum absolute atomic E-state index is 0.425. The molecule has 1 aliphatic heterocycles. The lowest BCUT2D eigenvalue weighted by atomic mass is 10.1. The lowest BCUT2D eigenvalue weighted by molar-refractivity contribution is -0.00262. The molecule has 1 fully saturated rings. The Labute approximate surface area is 129 Å². The zero-order valence-corrected chi connectivity index (χ0v) is 13.6. The van der Waals surface area contributed by atoms with E-state index in [0.29, 0.717) is 6.10 Å². The minimum atomic E-state index is 0.425. The predicted octanol–water partition coefficient (Wildman–Crippen LogP) is 3.19. The molecule has 1 aromatic rings. The first-order valence-electron chi connectivity index (χ1n) is 8.37. The maximum absolute atomic E-state index is 5.84. The van der Waals surface area contributed by atoms with Crippen LogP contribution in [0.1, 0.15) is 43.7 Å². The molecule has 0 amide bonds. The third-order valence-electron chi connectivity index (χ3n) is 4.09. The molecule has 3 nitrogen and oxygen atoms in total. The summed E-state index contributed by atoms with van der Waals surface area (Å²) in [6, 6.07) is 8.77. The Kier molecular flexibility index (Phi) is 7.20. The summed E-state index contributed by atoms with van der Waals surface area (Å²) in [6.45, 7) is 7.24. The topological polar surface area (TPSA) is 24.5 Å². The van der Waals surface area contributed by atoms with Crippen molar-refractivity contribution in [1.82, 2.24) is 10.2 Å². The standard InChI is InChI=1S/C18H30N2O/c1-3-11-19-13-16-8-4-5-9-17(16)14-20(2)15-18-10-6-7-12-21-18/h4-5,8-9,18-19H,3,6-7,10-15H2,1-2H3. The van der Waals surface area contributed by atoms with Crippen LogP contribution in [0, 0.1) is 0 Å². The Hall–Kier alpha value is -0.900. The van der Waals surface area contributed by atoms with Crippen molar-refractivity contribution < 1.29 is 4.74 Å². The van der Waals surface area contributed by atoms with Gasteiger partial charge in [-0.05, 0) is 50.4 Å². The van der Waals surface area contributed by atoms with Crippen LogP contribution in [0.15, 0.2) is 24.3 Å². The fraction of sp³-hybridized carbons (Fsp3) is 0.667. The minimum Gasteiger partial charge on any atom is -0.377 e. The van der Waals surface area contributed by atoms with Crippen molar-refractivity contribution in [2.75, 3.05) is 26.7 Å². The molecule has 3 heteroatoms. The first-order chi connectivity index (χ1) is 10.3. The number of nitrogens with zero attached hydrogens (tertiary/aromatic N) is 1. The number of hydrogen-bond donors (Lipinski definition) is 1. The van der Waals surface area contributed by atoms with Gasteiger partial charge in [0.05, 0.1) is 6.10 Å². The molecule has 1 saturated heterocycles. The van der Waals surface area contributed by atoms with Crippen molar-refractivity contribution in [1.29, 1.82) is 0 Å². The van der Waals surface area contributed by atoms with E-state index in [9.17, 15) is 0 Å². The van der Waals surface area contributed by atoms with Crippen molar-refractivity contribution in [2.45, 2.75) is 51.8 Å². The number of likely N-dealkylation sites (N-methyl/N-ethyl adjacent to an activating group) is 1. The van der Waals surface area contributed by atoms with Crippen LogP contribution in [0.3, 0.4) is 0 Å². The Balaban J connectivity index is 1.85. The molecular formula is C18H30N2O. The van der Waals surface area contributed by atoms with Crippen LogP contribution in [0.25, 0.3) is 0 Å². The van der Waals surface area contributed by atoms with Crippen molar-refractivity contribution in [2.24, 2.45) is 0 Å². The summed E-state index contributed by atoms with van der Waals surface area (Å²) < 4.78 is 5.84. The molecule has 1 atom stereocenters. The first kappa shape index (κ1) is 16.5. The van der Waals surface area contributed by atoms with Gasteiger partial charge in [0.1, 0.15) is 0 Å². The van der Waals surface area contributed by atoms with Crippen molar-refractivity contribution >= 4 is 0 Å². The molecule has 0 saturated carbocycles. The van der Waals surface area contributed by atoms with Gasteiger partial charge < -0.3 is 10.1 Å². The van der Waals surface area contributed by atoms with E-state index in [1.165, 1.54) is 36.8 Å². The van der Waals surface area contributed by atoms with Gasteiger partial charge in [0.2, 0.25) is 0 Å². The third-order valence-corrected chi connectivity index (χ3v) is 4.09. The molecule has 1 heterocycles.